The zero-order valence-electron chi connectivity index (χ0n) is 15.2. The van der Waals surface area contributed by atoms with Crippen LogP contribution in [0, 0.1) is 23.2 Å². The summed E-state index contributed by atoms with van der Waals surface area (Å²) in [5.74, 6) is 2.37. The van der Waals surface area contributed by atoms with Crippen LogP contribution in [-0.2, 0) is 10.0 Å². The minimum Gasteiger partial charge on any atom is -0.207 e. The molecule has 1 aromatic carbocycles. The van der Waals surface area contributed by atoms with Crippen LogP contribution < -0.4 is 4.72 Å². The van der Waals surface area contributed by atoms with E-state index in [-0.39, 0.29) is 21.4 Å². The second kappa shape index (κ2) is 6.95. The molecule has 0 saturated heterocycles. The third-order valence-corrected chi connectivity index (χ3v) is 9.07. The summed E-state index contributed by atoms with van der Waals surface area (Å²) in [6.07, 6.45) is 9.43. The van der Waals surface area contributed by atoms with Gasteiger partial charge in [-0.25, -0.2) is 13.1 Å². The molecule has 1 unspecified atom stereocenters. The van der Waals surface area contributed by atoms with Crippen molar-refractivity contribution in [3.63, 3.8) is 0 Å². The Morgan fingerprint density at radius 1 is 1.12 bits per heavy atom. The molecule has 26 heavy (non-hydrogen) atoms. The molecule has 4 aliphatic rings. The van der Waals surface area contributed by atoms with Gasteiger partial charge in [0.15, 0.2) is 0 Å². The van der Waals surface area contributed by atoms with Gasteiger partial charge in [-0.3, -0.25) is 0 Å². The Hall–Kier alpha value is -0.290. The number of hydrogen-bond acceptors (Lipinski definition) is 2. The molecule has 144 valence electrons. The lowest BCUT2D eigenvalue weighted by molar-refractivity contribution is -0.0712. The topological polar surface area (TPSA) is 46.2 Å². The van der Waals surface area contributed by atoms with E-state index in [1.807, 2.05) is 0 Å². The molecule has 0 spiro atoms. The molecule has 4 fully saturated rings. The average molecular weight is 416 g/mol. The summed E-state index contributed by atoms with van der Waals surface area (Å²) in [6, 6.07) is 4.61. The molecule has 0 amide bonds. The van der Waals surface area contributed by atoms with Crippen molar-refractivity contribution < 1.29 is 8.42 Å². The molecule has 1 atom stereocenters. The summed E-state index contributed by atoms with van der Waals surface area (Å²) in [5, 5.41) is 0.610. The number of hydrogen-bond donors (Lipinski definition) is 1. The predicted molar refractivity (Wildman–Crippen MR) is 106 cm³/mol. The van der Waals surface area contributed by atoms with Crippen molar-refractivity contribution in [2.75, 3.05) is 0 Å². The lowest BCUT2D eigenvalue weighted by atomic mass is 9.47. The lowest BCUT2D eigenvalue weighted by Crippen LogP contribution is -2.56. The molecule has 0 radical (unpaired) electrons. The summed E-state index contributed by atoms with van der Waals surface area (Å²) >= 11 is 12.2. The van der Waals surface area contributed by atoms with E-state index in [0.717, 1.165) is 30.6 Å². The Labute approximate surface area is 166 Å². The van der Waals surface area contributed by atoms with Crippen LogP contribution in [0.2, 0.25) is 10.0 Å². The van der Waals surface area contributed by atoms with Crippen LogP contribution in [0.1, 0.15) is 58.3 Å². The minimum absolute atomic E-state index is 0.0130. The molecule has 5 rings (SSSR count). The van der Waals surface area contributed by atoms with Gasteiger partial charge in [-0.2, -0.15) is 0 Å². The van der Waals surface area contributed by atoms with Gasteiger partial charge in [0.2, 0.25) is 10.0 Å². The Bertz CT molecular complexity index is 758. The van der Waals surface area contributed by atoms with Crippen molar-refractivity contribution in [3.8, 4) is 0 Å². The summed E-state index contributed by atoms with van der Waals surface area (Å²) < 4.78 is 29.3. The van der Waals surface area contributed by atoms with E-state index >= 15 is 0 Å². The van der Waals surface area contributed by atoms with Gasteiger partial charge in [-0.05, 0) is 86.3 Å². The van der Waals surface area contributed by atoms with Crippen LogP contribution in [0.4, 0.5) is 0 Å². The second-order valence-electron chi connectivity index (χ2n) is 8.82. The number of nitrogens with one attached hydrogen (secondary N) is 1. The third kappa shape index (κ3) is 3.43. The number of benzene rings is 1. The van der Waals surface area contributed by atoms with Crippen LogP contribution in [0.3, 0.4) is 0 Å². The first kappa shape index (κ1) is 19.0. The van der Waals surface area contributed by atoms with Crippen LogP contribution in [0.15, 0.2) is 23.1 Å². The van der Waals surface area contributed by atoms with Crippen molar-refractivity contribution in [2.24, 2.45) is 23.2 Å². The van der Waals surface area contributed by atoms with Crippen LogP contribution in [0.25, 0.3) is 0 Å². The van der Waals surface area contributed by atoms with Crippen molar-refractivity contribution in [2.45, 2.75) is 69.2 Å². The maximum Gasteiger partial charge on any atom is 0.242 e. The Morgan fingerprint density at radius 2 is 1.69 bits per heavy atom. The van der Waals surface area contributed by atoms with Gasteiger partial charge in [0.25, 0.3) is 0 Å². The highest BCUT2D eigenvalue weighted by atomic mass is 35.5. The highest BCUT2D eigenvalue weighted by molar-refractivity contribution is 7.89. The fraction of sp³-hybridized carbons (Fsp3) is 0.700. The quantitative estimate of drug-likeness (QED) is 0.651. The van der Waals surface area contributed by atoms with E-state index < -0.39 is 10.0 Å². The van der Waals surface area contributed by atoms with Gasteiger partial charge in [-0.15, -0.1) is 0 Å². The van der Waals surface area contributed by atoms with Crippen LogP contribution >= 0.6 is 23.2 Å². The first-order valence-corrected chi connectivity index (χ1v) is 12.0. The Balaban J connectivity index is 1.64. The highest BCUT2D eigenvalue weighted by Gasteiger charge is 2.54. The van der Waals surface area contributed by atoms with Crippen molar-refractivity contribution in [1.29, 1.82) is 0 Å². The third-order valence-electron chi connectivity index (χ3n) is 6.88. The molecule has 4 bridgehead atoms. The van der Waals surface area contributed by atoms with Crippen molar-refractivity contribution >= 4 is 33.2 Å². The molecule has 1 aromatic rings. The van der Waals surface area contributed by atoms with Gasteiger partial charge >= 0.3 is 0 Å². The van der Waals surface area contributed by atoms with Gasteiger partial charge < -0.3 is 0 Å². The SMILES string of the molecule is CCCC(NS(=O)(=O)c1cc(Cl)ccc1Cl)C12CC3CC(CC(C3)C1)C2. The molecule has 4 saturated carbocycles. The van der Waals surface area contributed by atoms with Crippen molar-refractivity contribution in [1.82, 2.24) is 4.72 Å². The molecule has 0 aromatic heterocycles. The van der Waals surface area contributed by atoms with Gasteiger partial charge in [0.05, 0.1) is 5.02 Å². The lowest BCUT2D eigenvalue weighted by Gasteiger charge is -2.59. The zero-order chi connectivity index (χ0) is 18.5. The highest BCUT2D eigenvalue weighted by Crippen LogP contribution is 2.61. The first-order valence-electron chi connectivity index (χ1n) is 9.79. The van der Waals surface area contributed by atoms with Crippen LogP contribution in [-0.4, -0.2) is 14.5 Å². The second-order valence-corrected chi connectivity index (χ2v) is 11.3. The fourth-order valence-corrected chi connectivity index (χ4v) is 8.45. The van der Waals surface area contributed by atoms with Gasteiger partial charge in [0, 0.05) is 11.1 Å². The summed E-state index contributed by atoms with van der Waals surface area (Å²) in [6.45, 7) is 2.13. The van der Waals surface area contributed by atoms with Crippen LogP contribution in [0.5, 0.6) is 0 Å². The number of halogens is 2. The van der Waals surface area contributed by atoms with E-state index in [0.29, 0.717) is 5.02 Å². The van der Waals surface area contributed by atoms with E-state index in [2.05, 4.69) is 11.6 Å². The first-order chi connectivity index (χ1) is 12.3. The minimum atomic E-state index is -3.69. The molecule has 0 aliphatic heterocycles. The van der Waals surface area contributed by atoms with E-state index in [9.17, 15) is 8.42 Å². The molecule has 4 aliphatic carbocycles. The Morgan fingerprint density at radius 3 is 2.23 bits per heavy atom. The number of sulfonamides is 1. The fourth-order valence-electron chi connectivity index (χ4n) is 6.32. The van der Waals surface area contributed by atoms with Gasteiger partial charge in [-0.1, -0.05) is 36.5 Å². The van der Waals surface area contributed by atoms with E-state index in [4.69, 9.17) is 23.2 Å². The smallest absolute Gasteiger partial charge is 0.207 e. The van der Waals surface area contributed by atoms with E-state index in [1.165, 1.54) is 44.6 Å². The van der Waals surface area contributed by atoms with Gasteiger partial charge in [0.1, 0.15) is 4.90 Å². The molecule has 0 heterocycles. The standard InChI is InChI=1S/C20H27Cl2NO2S/c1-2-3-19(20-10-13-6-14(11-20)8-15(7-13)12-20)23-26(24,25)18-9-16(21)4-5-17(18)22/h4-5,9,13-15,19,23H,2-3,6-8,10-12H2,1H3. The van der Waals surface area contributed by atoms with E-state index in [1.54, 1.807) is 12.1 Å². The molecule has 1 N–H and O–H groups in total. The molecular formula is C20H27Cl2NO2S. The molecule has 3 nitrogen and oxygen atoms in total. The summed E-state index contributed by atoms with van der Waals surface area (Å²) in [5.41, 5.74) is 0.128. The predicted octanol–water partition coefficient (Wildman–Crippen LogP) is 5.66. The monoisotopic (exact) mass is 415 g/mol. The maximum atomic E-state index is 13.1. The zero-order valence-corrected chi connectivity index (χ0v) is 17.5. The normalized spacial score (nSPS) is 34.2. The summed E-state index contributed by atoms with van der Waals surface area (Å²) in [7, 11) is -3.69. The number of rotatable bonds is 6. The largest absolute Gasteiger partial charge is 0.242 e. The van der Waals surface area contributed by atoms with Crippen molar-refractivity contribution in [3.05, 3.63) is 28.2 Å². The average Bonchev–Trinajstić information content (AvgIpc) is 2.55. The maximum absolute atomic E-state index is 13.1. The molecule has 6 heteroatoms. The molecular weight excluding hydrogens is 389 g/mol. The Kier molecular flexibility index (Phi) is 5.09. The summed E-state index contributed by atoms with van der Waals surface area (Å²) in [4.78, 5) is 0.0949.